The first-order valence-corrected chi connectivity index (χ1v) is 8.76. The predicted molar refractivity (Wildman–Crippen MR) is 75.7 cm³/mol. The zero-order chi connectivity index (χ0) is 14.8. The largest absolute Gasteiger partial charge is 0.387 e. The van der Waals surface area contributed by atoms with Crippen LogP contribution in [0.15, 0.2) is 24.3 Å². The van der Waals surface area contributed by atoms with Crippen LogP contribution in [-0.4, -0.2) is 49.6 Å². The normalized spacial score (nSPS) is 17.4. The Labute approximate surface area is 119 Å². The molecule has 1 aromatic rings. The highest BCUT2D eigenvalue weighted by atomic mass is 32.2. The maximum atomic E-state index is 12.8. The summed E-state index contributed by atoms with van der Waals surface area (Å²) in [6, 6.07) is 6.11. The molecule has 6 heteroatoms. The predicted octanol–water partition coefficient (Wildman–Crippen LogP) is 1.37. The van der Waals surface area contributed by atoms with E-state index in [0.717, 1.165) is 12.8 Å². The number of hydrogen-bond acceptors (Lipinski definition) is 4. The zero-order valence-corrected chi connectivity index (χ0v) is 12.3. The first-order chi connectivity index (χ1) is 9.35. The number of rotatable bonds is 7. The summed E-state index contributed by atoms with van der Waals surface area (Å²) < 4.78 is 35.3. The fourth-order valence-corrected chi connectivity index (χ4v) is 2.72. The van der Waals surface area contributed by atoms with Crippen molar-refractivity contribution in [2.75, 3.05) is 25.1 Å². The lowest BCUT2D eigenvalue weighted by Crippen LogP contribution is -2.34. The number of sulfone groups is 1. The van der Waals surface area contributed by atoms with Gasteiger partial charge in [-0.15, -0.1) is 0 Å². The summed E-state index contributed by atoms with van der Waals surface area (Å²) in [4.78, 5) is 2.01. The number of aliphatic hydroxyl groups excluding tert-OH is 1. The monoisotopic (exact) mass is 301 g/mol. The van der Waals surface area contributed by atoms with Gasteiger partial charge in [0.25, 0.3) is 0 Å². The van der Waals surface area contributed by atoms with Crippen molar-refractivity contribution in [2.24, 2.45) is 0 Å². The van der Waals surface area contributed by atoms with Gasteiger partial charge < -0.3 is 5.11 Å². The average molecular weight is 301 g/mol. The van der Waals surface area contributed by atoms with Gasteiger partial charge in [0.1, 0.15) is 15.7 Å². The molecule has 0 heterocycles. The van der Waals surface area contributed by atoms with Crippen LogP contribution in [0.5, 0.6) is 0 Å². The van der Waals surface area contributed by atoms with Gasteiger partial charge in [0, 0.05) is 25.4 Å². The Kier molecular flexibility index (Phi) is 4.78. The Hall–Kier alpha value is -0.980. The van der Waals surface area contributed by atoms with Crippen LogP contribution in [0.4, 0.5) is 4.39 Å². The fraction of sp³-hybridized carbons (Fsp3) is 0.571. The van der Waals surface area contributed by atoms with E-state index in [-0.39, 0.29) is 11.6 Å². The lowest BCUT2D eigenvalue weighted by atomic mass is 10.1. The molecule has 0 aliphatic heterocycles. The summed E-state index contributed by atoms with van der Waals surface area (Å²) in [5.74, 6) is -0.239. The summed E-state index contributed by atoms with van der Waals surface area (Å²) >= 11 is 0. The van der Waals surface area contributed by atoms with Crippen LogP contribution in [0.1, 0.15) is 24.5 Å². The van der Waals surface area contributed by atoms with E-state index in [1.54, 1.807) is 12.1 Å². The van der Waals surface area contributed by atoms with Crippen molar-refractivity contribution in [3.8, 4) is 0 Å². The van der Waals surface area contributed by atoms with Gasteiger partial charge in [-0.25, -0.2) is 12.8 Å². The van der Waals surface area contributed by atoms with E-state index >= 15 is 0 Å². The van der Waals surface area contributed by atoms with Crippen LogP contribution in [0.3, 0.4) is 0 Å². The Morgan fingerprint density at radius 2 is 1.95 bits per heavy atom. The lowest BCUT2D eigenvalue weighted by molar-refractivity contribution is 0.112. The first-order valence-electron chi connectivity index (χ1n) is 6.70. The molecule has 1 fully saturated rings. The van der Waals surface area contributed by atoms with Crippen LogP contribution >= 0.6 is 0 Å². The van der Waals surface area contributed by atoms with Crippen molar-refractivity contribution >= 4 is 9.84 Å². The second kappa shape index (κ2) is 6.20. The molecule has 0 saturated heterocycles. The Bertz CT molecular complexity index is 540. The maximum Gasteiger partial charge on any atom is 0.148 e. The van der Waals surface area contributed by atoms with E-state index in [0.29, 0.717) is 24.7 Å². The Morgan fingerprint density at radius 1 is 1.35 bits per heavy atom. The minimum Gasteiger partial charge on any atom is -0.387 e. The van der Waals surface area contributed by atoms with Crippen LogP contribution < -0.4 is 0 Å². The third kappa shape index (κ3) is 4.85. The van der Waals surface area contributed by atoms with Gasteiger partial charge in [0.05, 0.1) is 11.9 Å². The molecule has 1 aliphatic rings. The van der Waals surface area contributed by atoms with Crippen molar-refractivity contribution in [1.82, 2.24) is 4.90 Å². The molecule has 0 radical (unpaired) electrons. The first kappa shape index (κ1) is 15.4. The van der Waals surface area contributed by atoms with E-state index in [1.807, 2.05) is 4.90 Å². The molecule has 1 unspecified atom stereocenters. The summed E-state index contributed by atoms with van der Waals surface area (Å²) in [5, 5.41) is 10.2. The minimum absolute atomic E-state index is 0.0969. The second-order valence-corrected chi connectivity index (χ2v) is 7.68. The molecule has 112 valence electrons. The standard InChI is InChI=1S/C14H20FNO3S/c1-20(18,19)9-8-16(13-6-7-13)10-14(17)11-2-4-12(15)5-3-11/h2-5,13-14,17H,6-10H2,1H3. The quantitative estimate of drug-likeness (QED) is 0.826. The van der Waals surface area contributed by atoms with Crippen molar-refractivity contribution in [3.05, 3.63) is 35.6 Å². The second-order valence-electron chi connectivity index (χ2n) is 5.42. The summed E-state index contributed by atoms with van der Waals surface area (Å²) in [6.45, 7) is 0.813. The van der Waals surface area contributed by atoms with Gasteiger partial charge in [0.2, 0.25) is 0 Å². The van der Waals surface area contributed by atoms with E-state index < -0.39 is 15.9 Å². The van der Waals surface area contributed by atoms with E-state index in [1.165, 1.54) is 18.4 Å². The summed E-state index contributed by atoms with van der Waals surface area (Å²) in [6.07, 6.45) is 2.57. The van der Waals surface area contributed by atoms with E-state index in [4.69, 9.17) is 0 Å². The molecule has 1 aromatic carbocycles. The molecule has 0 aromatic heterocycles. The molecule has 20 heavy (non-hydrogen) atoms. The molecule has 4 nitrogen and oxygen atoms in total. The third-order valence-electron chi connectivity index (χ3n) is 3.47. The molecule has 1 saturated carbocycles. The number of aliphatic hydroxyl groups is 1. The van der Waals surface area contributed by atoms with Gasteiger partial charge in [-0.3, -0.25) is 4.90 Å². The van der Waals surface area contributed by atoms with Crippen LogP contribution in [0.2, 0.25) is 0 Å². The van der Waals surface area contributed by atoms with Crippen molar-refractivity contribution < 1.29 is 17.9 Å². The van der Waals surface area contributed by atoms with Crippen LogP contribution in [0, 0.1) is 5.82 Å². The highest BCUT2D eigenvalue weighted by Crippen LogP contribution is 2.28. The molecular formula is C14H20FNO3S. The van der Waals surface area contributed by atoms with Gasteiger partial charge in [-0.2, -0.15) is 0 Å². The summed E-state index contributed by atoms with van der Waals surface area (Å²) in [5.41, 5.74) is 0.649. The molecule has 0 amide bonds. The van der Waals surface area contributed by atoms with Crippen molar-refractivity contribution in [3.63, 3.8) is 0 Å². The molecule has 0 spiro atoms. The molecule has 1 atom stereocenters. The van der Waals surface area contributed by atoms with Gasteiger partial charge in [-0.05, 0) is 30.5 Å². The smallest absolute Gasteiger partial charge is 0.148 e. The van der Waals surface area contributed by atoms with Gasteiger partial charge in [-0.1, -0.05) is 12.1 Å². The highest BCUT2D eigenvalue weighted by molar-refractivity contribution is 7.90. The van der Waals surface area contributed by atoms with E-state index in [2.05, 4.69) is 0 Å². The van der Waals surface area contributed by atoms with Crippen molar-refractivity contribution in [1.29, 1.82) is 0 Å². The van der Waals surface area contributed by atoms with Crippen LogP contribution in [-0.2, 0) is 9.84 Å². The Morgan fingerprint density at radius 3 is 2.45 bits per heavy atom. The zero-order valence-electron chi connectivity index (χ0n) is 11.5. The van der Waals surface area contributed by atoms with Gasteiger partial charge >= 0.3 is 0 Å². The number of benzene rings is 1. The summed E-state index contributed by atoms with van der Waals surface area (Å²) in [7, 11) is -3.00. The molecule has 1 aliphatic carbocycles. The molecular weight excluding hydrogens is 281 g/mol. The molecule has 0 bridgehead atoms. The van der Waals surface area contributed by atoms with Gasteiger partial charge in [0.15, 0.2) is 0 Å². The number of nitrogens with zero attached hydrogens (tertiary/aromatic N) is 1. The Balaban J connectivity index is 1.95. The topological polar surface area (TPSA) is 57.6 Å². The molecule has 1 N–H and O–H groups in total. The third-order valence-corrected chi connectivity index (χ3v) is 4.40. The SMILES string of the molecule is CS(=O)(=O)CCN(CC(O)c1ccc(F)cc1)C1CC1. The van der Waals surface area contributed by atoms with Crippen molar-refractivity contribution in [2.45, 2.75) is 25.0 Å². The fourth-order valence-electron chi connectivity index (χ4n) is 2.16. The average Bonchev–Trinajstić information content (AvgIpc) is 3.18. The highest BCUT2D eigenvalue weighted by Gasteiger charge is 2.30. The maximum absolute atomic E-state index is 12.8. The number of hydrogen-bond donors (Lipinski definition) is 1. The van der Waals surface area contributed by atoms with E-state index in [9.17, 15) is 17.9 Å². The van der Waals surface area contributed by atoms with Crippen LogP contribution in [0.25, 0.3) is 0 Å². The molecule has 2 rings (SSSR count). The number of halogens is 1. The lowest BCUT2D eigenvalue weighted by Gasteiger charge is -2.24. The minimum atomic E-state index is -3.00.